The molecule has 0 radical (unpaired) electrons. The van der Waals surface area contributed by atoms with Crippen LogP contribution in [0.2, 0.25) is 0 Å². The number of rotatable bonds is 4. The van der Waals surface area contributed by atoms with Crippen LogP contribution in [0.3, 0.4) is 0 Å². The summed E-state index contributed by atoms with van der Waals surface area (Å²) in [5, 5.41) is 9.84. The molecule has 28 heavy (non-hydrogen) atoms. The summed E-state index contributed by atoms with van der Waals surface area (Å²) in [6.45, 7) is 0. The Labute approximate surface area is 160 Å². The molecule has 136 valence electrons. The van der Waals surface area contributed by atoms with Gasteiger partial charge in [-0.2, -0.15) is 10.2 Å². The van der Waals surface area contributed by atoms with E-state index in [1.165, 1.54) is 12.4 Å². The predicted molar refractivity (Wildman–Crippen MR) is 110 cm³/mol. The van der Waals surface area contributed by atoms with Crippen molar-refractivity contribution in [2.24, 2.45) is 10.2 Å². The van der Waals surface area contributed by atoms with Crippen LogP contribution in [0.25, 0.3) is 21.8 Å². The summed E-state index contributed by atoms with van der Waals surface area (Å²) in [5.74, 6) is 0. The lowest BCUT2D eigenvalue weighted by Gasteiger charge is -2.00. The molecular formula is C21H16N6O. The number of aromatic nitrogens is 2. The van der Waals surface area contributed by atoms with E-state index >= 15 is 0 Å². The summed E-state index contributed by atoms with van der Waals surface area (Å²) in [7, 11) is 0. The largest absolute Gasteiger partial charge is 0.355 e. The Morgan fingerprint density at radius 3 is 1.64 bits per heavy atom. The molecule has 2 heterocycles. The maximum absolute atomic E-state index is 11.8. The number of urea groups is 1. The summed E-state index contributed by atoms with van der Waals surface area (Å²) < 4.78 is 0. The lowest BCUT2D eigenvalue weighted by atomic mass is 10.2. The topological polar surface area (TPSA) is 91.6 Å². The van der Waals surface area contributed by atoms with Crippen molar-refractivity contribution in [2.45, 2.75) is 0 Å². The van der Waals surface area contributed by atoms with E-state index in [1.807, 2.05) is 72.8 Å². The van der Waals surface area contributed by atoms with Gasteiger partial charge in [-0.1, -0.05) is 48.5 Å². The number of fused-ring (bicyclic) bond motifs is 2. The van der Waals surface area contributed by atoms with Gasteiger partial charge in [0.2, 0.25) is 0 Å². The highest BCUT2D eigenvalue weighted by Gasteiger charge is 1.98. The smallest absolute Gasteiger partial charge is 0.247 e. The van der Waals surface area contributed by atoms with Crippen LogP contribution >= 0.6 is 0 Å². The number of carbonyl (C=O) groups is 1. The molecule has 7 nitrogen and oxygen atoms in total. The van der Waals surface area contributed by atoms with E-state index in [4.69, 9.17) is 0 Å². The van der Waals surface area contributed by atoms with Crippen LogP contribution < -0.4 is 10.9 Å². The van der Waals surface area contributed by atoms with E-state index in [9.17, 15) is 4.79 Å². The molecule has 0 fully saturated rings. The van der Waals surface area contributed by atoms with Crippen molar-refractivity contribution in [1.82, 2.24) is 20.8 Å². The molecule has 0 saturated carbocycles. The van der Waals surface area contributed by atoms with Gasteiger partial charge in [0.25, 0.3) is 0 Å². The number of hydrazone groups is 2. The first-order chi connectivity index (χ1) is 13.8. The normalized spacial score (nSPS) is 11.4. The second kappa shape index (κ2) is 8.05. The number of nitrogens with zero attached hydrogens (tertiary/aromatic N) is 4. The molecular weight excluding hydrogens is 352 g/mol. The fraction of sp³-hybridized carbons (Fsp3) is 0. The fourth-order valence-electron chi connectivity index (χ4n) is 2.65. The van der Waals surface area contributed by atoms with Crippen molar-refractivity contribution in [2.75, 3.05) is 0 Å². The van der Waals surface area contributed by atoms with Gasteiger partial charge in [-0.05, 0) is 24.3 Å². The predicted octanol–water partition coefficient (Wildman–Crippen LogP) is 3.45. The van der Waals surface area contributed by atoms with Crippen molar-refractivity contribution >= 4 is 40.3 Å². The lowest BCUT2D eigenvalue weighted by molar-refractivity contribution is 0.242. The number of amides is 2. The number of hydrogen-bond donors (Lipinski definition) is 2. The second-order valence-corrected chi connectivity index (χ2v) is 5.93. The maximum Gasteiger partial charge on any atom is 0.355 e. The Morgan fingerprint density at radius 2 is 1.14 bits per heavy atom. The summed E-state index contributed by atoms with van der Waals surface area (Å²) in [6.07, 6.45) is 2.95. The van der Waals surface area contributed by atoms with Gasteiger partial charge in [-0.25, -0.2) is 25.6 Å². The molecule has 0 aliphatic carbocycles. The summed E-state index contributed by atoms with van der Waals surface area (Å²) in [4.78, 5) is 20.6. The van der Waals surface area contributed by atoms with Gasteiger partial charge in [0, 0.05) is 10.8 Å². The quantitative estimate of drug-likeness (QED) is 0.427. The molecule has 2 N–H and O–H groups in total. The third kappa shape index (κ3) is 4.16. The van der Waals surface area contributed by atoms with Crippen LogP contribution in [0, 0.1) is 0 Å². The molecule has 2 amide bonds. The minimum atomic E-state index is -0.561. The van der Waals surface area contributed by atoms with Gasteiger partial charge >= 0.3 is 6.03 Å². The van der Waals surface area contributed by atoms with Gasteiger partial charge < -0.3 is 0 Å². The van der Waals surface area contributed by atoms with E-state index in [2.05, 4.69) is 31.0 Å². The van der Waals surface area contributed by atoms with Crippen molar-refractivity contribution in [3.8, 4) is 0 Å². The third-order valence-corrected chi connectivity index (χ3v) is 3.97. The maximum atomic E-state index is 11.8. The van der Waals surface area contributed by atoms with Gasteiger partial charge in [-0.15, -0.1) is 0 Å². The van der Waals surface area contributed by atoms with Gasteiger partial charge in [0.1, 0.15) is 0 Å². The zero-order chi connectivity index (χ0) is 19.2. The Morgan fingerprint density at radius 1 is 0.679 bits per heavy atom. The average molecular weight is 368 g/mol. The van der Waals surface area contributed by atoms with Crippen LogP contribution in [0.5, 0.6) is 0 Å². The van der Waals surface area contributed by atoms with Crippen molar-refractivity contribution in [3.63, 3.8) is 0 Å². The molecule has 0 aliphatic rings. The number of nitrogens with one attached hydrogen (secondary N) is 2. The molecule has 0 atom stereocenters. The average Bonchev–Trinajstić information content (AvgIpc) is 2.73. The van der Waals surface area contributed by atoms with Crippen molar-refractivity contribution < 1.29 is 4.79 Å². The Balaban J connectivity index is 1.33. The van der Waals surface area contributed by atoms with E-state index in [-0.39, 0.29) is 0 Å². The van der Waals surface area contributed by atoms with Crippen LogP contribution in [0.4, 0.5) is 4.79 Å². The Bertz CT molecular complexity index is 1110. The number of carbonyl (C=O) groups excluding carboxylic acids is 1. The first-order valence-electron chi connectivity index (χ1n) is 8.62. The highest BCUT2D eigenvalue weighted by molar-refractivity contribution is 5.87. The number of para-hydroxylation sites is 2. The minimum absolute atomic E-state index is 0.561. The van der Waals surface area contributed by atoms with E-state index in [0.29, 0.717) is 11.4 Å². The van der Waals surface area contributed by atoms with Crippen LogP contribution in [0.1, 0.15) is 11.4 Å². The second-order valence-electron chi connectivity index (χ2n) is 5.93. The number of pyridine rings is 2. The third-order valence-electron chi connectivity index (χ3n) is 3.97. The summed E-state index contributed by atoms with van der Waals surface area (Å²) >= 11 is 0. The SMILES string of the molecule is O=C(N/N=C/c1ccc2ccccc2n1)N/N=C/c1ccc2ccccc2n1. The highest BCUT2D eigenvalue weighted by Crippen LogP contribution is 2.11. The zero-order valence-electron chi connectivity index (χ0n) is 14.8. The van der Waals surface area contributed by atoms with Crippen LogP contribution in [-0.4, -0.2) is 28.4 Å². The molecule has 2 aromatic heterocycles. The van der Waals surface area contributed by atoms with E-state index in [0.717, 1.165) is 21.8 Å². The molecule has 0 unspecified atom stereocenters. The van der Waals surface area contributed by atoms with Crippen LogP contribution in [-0.2, 0) is 0 Å². The Kier molecular flexibility index (Phi) is 4.97. The molecule has 4 aromatic rings. The van der Waals surface area contributed by atoms with Crippen molar-refractivity contribution in [1.29, 1.82) is 0 Å². The summed E-state index contributed by atoms with van der Waals surface area (Å²) in [6, 6.07) is 22.6. The number of hydrogen-bond acceptors (Lipinski definition) is 5. The van der Waals surface area contributed by atoms with Gasteiger partial charge in [-0.3, -0.25) is 0 Å². The monoisotopic (exact) mass is 368 g/mol. The standard InChI is InChI=1S/C21H16N6O/c28-21(26-22-13-17-11-9-15-5-1-3-7-19(15)24-17)27-23-14-18-12-10-16-6-2-4-8-20(16)25-18/h1-14H,(H2,26,27,28)/b22-13+,23-14+. The van der Waals surface area contributed by atoms with Crippen LogP contribution in [0.15, 0.2) is 83.0 Å². The number of benzene rings is 2. The molecule has 0 spiro atoms. The Hall–Kier alpha value is -4.13. The van der Waals surface area contributed by atoms with Gasteiger partial charge in [0.15, 0.2) is 0 Å². The highest BCUT2D eigenvalue weighted by atomic mass is 16.2. The lowest BCUT2D eigenvalue weighted by Crippen LogP contribution is -2.28. The molecule has 0 saturated heterocycles. The van der Waals surface area contributed by atoms with Gasteiger partial charge in [0.05, 0.1) is 34.9 Å². The minimum Gasteiger partial charge on any atom is -0.247 e. The molecule has 7 heteroatoms. The van der Waals surface area contributed by atoms with E-state index < -0.39 is 6.03 Å². The molecule has 0 aliphatic heterocycles. The molecule has 4 rings (SSSR count). The van der Waals surface area contributed by atoms with Crippen molar-refractivity contribution in [3.05, 3.63) is 84.2 Å². The van der Waals surface area contributed by atoms with E-state index in [1.54, 1.807) is 0 Å². The zero-order valence-corrected chi connectivity index (χ0v) is 14.8. The first kappa shape index (κ1) is 17.3. The fourth-order valence-corrected chi connectivity index (χ4v) is 2.65. The first-order valence-corrected chi connectivity index (χ1v) is 8.62. The molecule has 2 aromatic carbocycles. The molecule has 0 bridgehead atoms. The summed E-state index contributed by atoms with van der Waals surface area (Å²) in [5.41, 5.74) is 7.69.